The van der Waals surface area contributed by atoms with Crippen LogP contribution in [0.2, 0.25) is 0 Å². The van der Waals surface area contributed by atoms with Crippen LogP contribution in [0.25, 0.3) is 6.08 Å². The molecule has 0 N–H and O–H groups in total. The molecule has 68 valence electrons. The molecule has 0 heterocycles. The highest BCUT2D eigenvalue weighted by atomic mass is 19.1. The first-order valence-corrected chi connectivity index (χ1v) is 3.63. The van der Waals surface area contributed by atoms with Crippen LogP contribution in [-0.4, -0.2) is 4.92 Å². The fourth-order valence-electron chi connectivity index (χ4n) is 1.03. The number of rotatable bonds is 2. The Morgan fingerprint density at radius 1 is 1.62 bits per heavy atom. The topological polar surface area (TPSA) is 43.1 Å². The molecular formula is C9H8FNO2. The third-order valence-corrected chi connectivity index (χ3v) is 1.73. The molecule has 3 nitrogen and oxygen atoms in total. The molecule has 4 heteroatoms. The largest absolute Gasteiger partial charge is 0.273 e. The van der Waals surface area contributed by atoms with E-state index in [9.17, 15) is 14.5 Å². The minimum absolute atomic E-state index is 0.0868. The predicted octanol–water partition coefficient (Wildman–Crippen LogP) is 2.69. The summed E-state index contributed by atoms with van der Waals surface area (Å²) in [6, 6.07) is 2.31. The van der Waals surface area contributed by atoms with E-state index in [0.29, 0.717) is 5.56 Å². The van der Waals surface area contributed by atoms with E-state index in [4.69, 9.17) is 0 Å². The van der Waals surface area contributed by atoms with Crippen LogP contribution in [0, 0.1) is 22.9 Å². The van der Waals surface area contributed by atoms with Crippen LogP contribution in [0.4, 0.5) is 10.1 Å². The number of aryl methyl sites for hydroxylation is 1. The van der Waals surface area contributed by atoms with Gasteiger partial charge in [-0.1, -0.05) is 12.7 Å². The Morgan fingerprint density at radius 3 is 2.69 bits per heavy atom. The number of nitro groups is 1. The van der Waals surface area contributed by atoms with Gasteiger partial charge in [0.05, 0.1) is 4.92 Å². The zero-order valence-corrected chi connectivity index (χ0v) is 7.08. The average molecular weight is 181 g/mol. The molecule has 0 aliphatic rings. The molecule has 0 unspecified atom stereocenters. The first kappa shape index (κ1) is 9.38. The lowest BCUT2D eigenvalue weighted by molar-refractivity contribution is -0.385. The quantitative estimate of drug-likeness (QED) is 0.520. The smallest absolute Gasteiger partial charge is 0.258 e. The number of hydrogen-bond donors (Lipinski definition) is 0. The van der Waals surface area contributed by atoms with Crippen molar-refractivity contribution in [3.63, 3.8) is 0 Å². The van der Waals surface area contributed by atoms with Gasteiger partial charge in [-0.15, -0.1) is 0 Å². The summed E-state index contributed by atoms with van der Waals surface area (Å²) in [7, 11) is 0. The molecule has 1 aromatic carbocycles. The minimum atomic E-state index is -0.540. The van der Waals surface area contributed by atoms with Crippen LogP contribution >= 0.6 is 0 Å². The summed E-state index contributed by atoms with van der Waals surface area (Å²) in [5.74, 6) is -0.488. The van der Waals surface area contributed by atoms with Gasteiger partial charge in [0.1, 0.15) is 5.82 Å². The van der Waals surface area contributed by atoms with Crippen molar-refractivity contribution in [3.05, 3.63) is 45.8 Å². The van der Waals surface area contributed by atoms with E-state index in [-0.39, 0.29) is 11.3 Å². The van der Waals surface area contributed by atoms with Gasteiger partial charge in [-0.05, 0) is 13.0 Å². The third-order valence-electron chi connectivity index (χ3n) is 1.73. The van der Waals surface area contributed by atoms with E-state index in [1.165, 1.54) is 19.1 Å². The van der Waals surface area contributed by atoms with Gasteiger partial charge >= 0.3 is 0 Å². The van der Waals surface area contributed by atoms with Gasteiger partial charge in [0.25, 0.3) is 5.69 Å². The summed E-state index contributed by atoms with van der Waals surface area (Å²) >= 11 is 0. The number of halogens is 1. The van der Waals surface area contributed by atoms with Crippen LogP contribution in [0.15, 0.2) is 18.7 Å². The van der Waals surface area contributed by atoms with Crippen LogP contribution in [-0.2, 0) is 0 Å². The fraction of sp³-hybridized carbons (Fsp3) is 0.111. The van der Waals surface area contributed by atoms with Crippen molar-refractivity contribution in [1.29, 1.82) is 0 Å². The fourth-order valence-corrected chi connectivity index (χ4v) is 1.03. The Kier molecular flexibility index (Phi) is 2.41. The van der Waals surface area contributed by atoms with Crippen LogP contribution < -0.4 is 0 Å². The summed E-state index contributed by atoms with van der Waals surface area (Å²) in [6.07, 6.45) is 1.25. The van der Waals surface area contributed by atoms with Gasteiger partial charge in [0, 0.05) is 17.2 Å². The molecule has 13 heavy (non-hydrogen) atoms. The molecule has 0 aliphatic heterocycles. The van der Waals surface area contributed by atoms with E-state index in [0.717, 1.165) is 6.07 Å². The zero-order valence-electron chi connectivity index (χ0n) is 7.08. The van der Waals surface area contributed by atoms with Crippen molar-refractivity contribution in [3.8, 4) is 0 Å². The summed E-state index contributed by atoms with van der Waals surface area (Å²) in [6.45, 7) is 4.85. The molecule has 0 aliphatic carbocycles. The van der Waals surface area contributed by atoms with Gasteiger partial charge in [0.15, 0.2) is 0 Å². The summed E-state index contributed by atoms with van der Waals surface area (Å²) < 4.78 is 13.0. The van der Waals surface area contributed by atoms with E-state index < -0.39 is 10.7 Å². The Hall–Kier alpha value is -1.71. The molecular weight excluding hydrogens is 173 g/mol. The van der Waals surface area contributed by atoms with Crippen LogP contribution in [0.3, 0.4) is 0 Å². The van der Waals surface area contributed by atoms with E-state index in [1.54, 1.807) is 0 Å². The Labute approximate surface area is 74.7 Å². The maximum atomic E-state index is 13.0. The highest BCUT2D eigenvalue weighted by molar-refractivity contribution is 5.55. The molecule has 0 bridgehead atoms. The van der Waals surface area contributed by atoms with E-state index in [1.807, 2.05) is 0 Å². The molecule has 0 saturated carbocycles. The normalized spacial score (nSPS) is 9.69. The van der Waals surface area contributed by atoms with Crippen molar-refractivity contribution < 1.29 is 9.31 Å². The third kappa shape index (κ3) is 1.72. The van der Waals surface area contributed by atoms with Crippen LogP contribution in [0.5, 0.6) is 0 Å². The van der Waals surface area contributed by atoms with Gasteiger partial charge in [0.2, 0.25) is 0 Å². The maximum absolute atomic E-state index is 13.0. The highest BCUT2D eigenvalue weighted by Gasteiger charge is 2.13. The van der Waals surface area contributed by atoms with Crippen molar-refractivity contribution in [2.45, 2.75) is 6.92 Å². The summed E-state index contributed by atoms with van der Waals surface area (Å²) in [4.78, 5) is 9.91. The number of nitrogens with zero attached hydrogens (tertiary/aromatic N) is 1. The average Bonchev–Trinajstić information content (AvgIpc) is 2.03. The van der Waals surface area contributed by atoms with Gasteiger partial charge < -0.3 is 0 Å². The molecule has 0 spiro atoms. The molecule has 0 atom stereocenters. The van der Waals surface area contributed by atoms with E-state index >= 15 is 0 Å². The second kappa shape index (κ2) is 3.35. The Morgan fingerprint density at radius 2 is 2.23 bits per heavy atom. The highest BCUT2D eigenvalue weighted by Crippen LogP contribution is 2.22. The Bertz CT molecular complexity index is 374. The molecule has 1 rings (SSSR count). The SMILES string of the molecule is C=Cc1cc([N+](=O)[O-])c(C)cc1F. The van der Waals surface area contributed by atoms with Gasteiger partial charge in [-0.3, -0.25) is 10.1 Å². The zero-order chi connectivity index (χ0) is 10.0. The Balaban J connectivity index is 3.38. The van der Waals surface area contributed by atoms with Crippen molar-refractivity contribution in [2.24, 2.45) is 0 Å². The number of nitro benzene ring substituents is 1. The van der Waals surface area contributed by atoms with Gasteiger partial charge in [-0.25, -0.2) is 4.39 Å². The van der Waals surface area contributed by atoms with Gasteiger partial charge in [-0.2, -0.15) is 0 Å². The molecule has 1 aromatic rings. The maximum Gasteiger partial charge on any atom is 0.273 e. The number of benzene rings is 1. The van der Waals surface area contributed by atoms with Crippen molar-refractivity contribution >= 4 is 11.8 Å². The van der Waals surface area contributed by atoms with Crippen molar-refractivity contribution in [1.82, 2.24) is 0 Å². The monoisotopic (exact) mass is 181 g/mol. The molecule has 0 aromatic heterocycles. The van der Waals surface area contributed by atoms with Crippen LogP contribution in [0.1, 0.15) is 11.1 Å². The first-order valence-electron chi connectivity index (χ1n) is 3.63. The molecule has 0 saturated heterocycles. The lowest BCUT2D eigenvalue weighted by atomic mass is 10.1. The lowest BCUT2D eigenvalue weighted by Crippen LogP contribution is -1.94. The van der Waals surface area contributed by atoms with E-state index in [2.05, 4.69) is 6.58 Å². The lowest BCUT2D eigenvalue weighted by Gasteiger charge is -2.00. The first-order chi connectivity index (χ1) is 6.06. The molecule has 0 radical (unpaired) electrons. The molecule has 0 fully saturated rings. The standard InChI is InChI=1S/C9H8FNO2/c1-3-7-5-9(11(12)13)6(2)4-8(7)10/h3-5H,1H2,2H3. The number of hydrogen-bond acceptors (Lipinski definition) is 2. The minimum Gasteiger partial charge on any atom is -0.258 e. The second-order valence-electron chi connectivity index (χ2n) is 2.62. The van der Waals surface area contributed by atoms with Crippen molar-refractivity contribution in [2.75, 3.05) is 0 Å². The summed E-state index contributed by atoms with van der Waals surface area (Å²) in [5.41, 5.74) is 0.377. The second-order valence-corrected chi connectivity index (χ2v) is 2.62. The predicted molar refractivity (Wildman–Crippen MR) is 47.9 cm³/mol. The summed E-state index contributed by atoms with van der Waals surface area (Å²) in [5, 5.41) is 10.5. The molecule has 0 amide bonds.